The SMILES string of the molecule is CCCC#Cc1c(-c2ccc([CH-]CCC(C)C(C)(C)C(F)(F)F)cn2)n(-c2ccc(F)cc2)c2cc(OC(F)F)ccc12. The molecule has 0 radical (unpaired) electrons. The van der Waals surface area contributed by atoms with Crippen molar-refractivity contribution in [3.63, 3.8) is 0 Å². The zero-order valence-electron chi connectivity index (χ0n) is 24.4. The summed E-state index contributed by atoms with van der Waals surface area (Å²) in [6, 6.07) is 14.0. The summed E-state index contributed by atoms with van der Waals surface area (Å²) >= 11 is 0. The van der Waals surface area contributed by atoms with Gasteiger partial charge in [-0.15, -0.1) is 0 Å². The Hall–Kier alpha value is -4.06. The van der Waals surface area contributed by atoms with E-state index in [-0.39, 0.29) is 5.75 Å². The molecule has 2 heterocycles. The second-order valence-electron chi connectivity index (χ2n) is 11.0. The van der Waals surface area contributed by atoms with Gasteiger partial charge in [-0.25, -0.2) is 4.39 Å². The van der Waals surface area contributed by atoms with Crippen molar-refractivity contribution >= 4 is 10.9 Å². The molecular weight excluding hydrogens is 566 g/mol. The summed E-state index contributed by atoms with van der Waals surface area (Å²) in [5.41, 5.74) is 1.79. The van der Waals surface area contributed by atoms with Crippen molar-refractivity contribution in [3.8, 4) is 34.7 Å². The van der Waals surface area contributed by atoms with E-state index < -0.39 is 29.9 Å². The maximum absolute atomic E-state index is 13.9. The number of hydrogen-bond donors (Lipinski definition) is 0. The summed E-state index contributed by atoms with van der Waals surface area (Å²) < 4.78 is 86.7. The van der Waals surface area contributed by atoms with E-state index in [1.54, 1.807) is 42.0 Å². The fourth-order valence-corrected chi connectivity index (χ4v) is 4.75. The lowest BCUT2D eigenvalue weighted by molar-refractivity contribution is -0.228. The molecule has 0 N–H and O–H groups in total. The lowest BCUT2D eigenvalue weighted by Gasteiger charge is -2.34. The first kappa shape index (κ1) is 31.9. The van der Waals surface area contributed by atoms with Crippen LogP contribution in [0.3, 0.4) is 0 Å². The van der Waals surface area contributed by atoms with E-state index in [1.807, 2.05) is 19.4 Å². The minimum atomic E-state index is -4.29. The minimum Gasteiger partial charge on any atom is -0.435 e. The van der Waals surface area contributed by atoms with Gasteiger partial charge in [-0.2, -0.15) is 40.0 Å². The number of hydrogen-bond acceptors (Lipinski definition) is 2. The highest BCUT2D eigenvalue weighted by Crippen LogP contribution is 2.45. The number of ether oxygens (including phenoxy) is 1. The van der Waals surface area contributed by atoms with Crippen molar-refractivity contribution in [1.29, 1.82) is 0 Å². The van der Waals surface area contributed by atoms with E-state index >= 15 is 0 Å². The summed E-state index contributed by atoms with van der Waals surface area (Å²) in [5, 5.41) is 0.684. The maximum atomic E-state index is 13.9. The third-order valence-electron chi connectivity index (χ3n) is 7.81. The zero-order valence-corrected chi connectivity index (χ0v) is 24.4. The summed E-state index contributed by atoms with van der Waals surface area (Å²) in [5.74, 6) is 5.34. The van der Waals surface area contributed by atoms with Crippen LogP contribution in [-0.4, -0.2) is 22.3 Å². The number of nitrogens with zero attached hydrogens (tertiary/aromatic N) is 2. The van der Waals surface area contributed by atoms with Crippen molar-refractivity contribution in [2.75, 3.05) is 0 Å². The van der Waals surface area contributed by atoms with E-state index in [1.165, 1.54) is 38.1 Å². The Morgan fingerprint density at radius 3 is 2.35 bits per heavy atom. The quantitative estimate of drug-likeness (QED) is 0.103. The number of rotatable bonds is 10. The second kappa shape index (κ2) is 13.1. The van der Waals surface area contributed by atoms with Crippen molar-refractivity contribution in [1.82, 2.24) is 9.55 Å². The zero-order chi connectivity index (χ0) is 31.4. The summed E-state index contributed by atoms with van der Waals surface area (Å²) in [6.07, 6.45) is 1.47. The number of unbranched alkanes of at least 4 members (excludes halogenated alkanes) is 1. The molecule has 2 aromatic carbocycles. The number of aromatic nitrogens is 2. The molecule has 2 aromatic heterocycles. The topological polar surface area (TPSA) is 27.1 Å². The van der Waals surface area contributed by atoms with Crippen LogP contribution in [0.15, 0.2) is 60.8 Å². The van der Waals surface area contributed by atoms with Crippen molar-refractivity contribution < 1.29 is 31.1 Å². The lowest BCUT2D eigenvalue weighted by atomic mass is 9.76. The third-order valence-corrected chi connectivity index (χ3v) is 7.81. The molecular formula is C34H33F6N2O-. The Balaban J connectivity index is 1.76. The van der Waals surface area contributed by atoms with Crippen LogP contribution in [0.4, 0.5) is 26.3 Å². The highest BCUT2D eigenvalue weighted by Gasteiger charge is 2.50. The lowest BCUT2D eigenvalue weighted by Crippen LogP contribution is -2.38. The monoisotopic (exact) mass is 599 g/mol. The summed E-state index contributed by atoms with van der Waals surface area (Å²) in [6.45, 7) is 3.04. The van der Waals surface area contributed by atoms with E-state index in [0.29, 0.717) is 52.8 Å². The highest BCUT2D eigenvalue weighted by atomic mass is 19.4. The Morgan fingerprint density at radius 2 is 1.74 bits per heavy atom. The van der Waals surface area contributed by atoms with Gasteiger partial charge in [-0.1, -0.05) is 64.6 Å². The van der Waals surface area contributed by atoms with Crippen LogP contribution in [0, 0.1) is 35.4 Å². The van der Waals surface area contributed by atoms with Gasteiger partial charge in [-0.3, -0.25) is 0 Å². The van der Waals surface area contributed by atoms with Gasteiger partial charge in [0.05, 0.1) is 27.9 Å². The normalized spacial score (nSPS) is 12.7. The van der Waals surface area contributed by atoms with Crippen LogP contribution in [0.1, 0.15) is 64.5 Å². The number of alkyl halides is 5. The van der Waals surface area contributed by atoms with Crippen LogP contribution >= 0.6 is 0 Å². The largest absolute Gasteiger partial charge is 0.435 e. The number of benzene rings is 2. The first-order chi connectivity index (χ1) is 20.3. The van der Waals surface area contributed by atoms with Crippen LogP contribution in [-0.2, 0) is 0 Å². The molecule has 0 saturated carbocycles. The molecule has 3 nitrogen and oxygen atoms in total. The molecule has 0 fully saturated rings. The average molecular weight is 600 g/mol. The van der Waals surface area contributed by atoms with Gasteiger partial charge < -0.3 is 14.3 Å². The van der Waals surface area contributed by atoms with Gasteiger partial charge in [-0.05, 0) is 48.7 Å². The fraction of sp³-hybridized carbons (Fsp3) is 0.353. The van der Waals surface area contributed by atoms with Crippen LogP contribution in [0.25, 0.3) is 28.0 Å². The molecule has 4 rings (SSSR count). The average Bonchev–Trinajstić information content (AvgIpc) is 3.26. The van der Waals surface area contributed by atoms with Gasteiger partial charge in [0.15, 0.2) is 0 Å². The van der Waals surface area contributed by atoms with Gasteiger partial charge in [0.1, 0.15) is 11.6 Å². The van der Waals surface area contributed by atoms with Crippen LogP contribution in [0.2, 0.25) is 0 Å². The molecule has 0 aliphatic heterocycles. The summed E-state index contributed by atoms with van der Waals surface area (Å²) in [4.78, 5) is 4.67. The molecule has 0 spiro atoms. The van der Waals surface area contributed by atoms with Crippen LogP contribution in [0.5, 0.6) is 5.75 Å². The Labute approximate surface area is 247 Å². The van der Waals surface area contributed by atoms with Gasteiger partial charge in [0.2, 0.25) is 0 Å². The standard InChI is InChI=1S/C34H33F6N2O/c1-5-6-7-11-28-27-18-17-26(43-32(36)37)20-30(27)42(25-15-13-24(35)14-16-25)31(28)29-19-12-23(21-41-29)10-8-9-22(2)33(3,4)34(38,39)40/h10,12-22,32H,5-6,8-9H2,1-4H3/q-1. The predicted molar refractivity (Wildman–Crippen MR) is 157 cm³/mol. The highest BCUT2D eigenvalue weighted by molar-refractivity contribution is 5.96. The van der Waals surface area contributed by atoms with Gasteiger partial charge in [0, 0.05) is 23.6 Å². The number of fused-ring (bicyclic) bond motifs is 1. The third kappa shape index (κ3) is 7.12. The molecule has 0 aliphatic carbocycles. The van der Waals surface area contributed by atoms with Crippen molar-refractivity contribution in [2.45, 2.75) is 66.2 Å². The van der Waals surface area contributed by atoms with Crippen molar-refractivity contribution in [3.05, 3.63) is 84.2 Å². The van der Waals surface area contributed by atoms with Crippen molar-refractivity contribution in [2.24, 2.45) is 11.3 Å². The number of pyridine rings is 1. The van der Waals surface area contributed by atoms with Gasteiger partial charge in [0.25, 0.3) is 0 Å². The predicted octanol–water partition coefficient (Wildman–Crippen LogP) is 10.1. The van der Waals surface area contributed by atoms with E-state index in [4.69, 9.17) is 0 Å². The Bertz CT molecular complexity index is 1590. The van der Waals surface area contributed by atoms with E-state index in [2.05, 4.69) is 21.6 Å². The fourth-order valence-electron chi connectivity index (χ4n) is 4.75. The second-order valence-corrected chi connectivity index (χ2v) is 11.0. The molecule has 4 aromatic rings. The smallest absolute Gasteiger partial charge is 0.394 e. The Kier molecular flexibility index (Phi) is 9.69. The first-order valence-corrected chi connectivity index (χ1v) is 14.1. The molecule has 9 heteroatoms. The number of halogens is 6. The molecule has 1 atom stereocenters. The molecule has 43 heavy (non-hydrogen) atoms. The molecule has 0 amide bonds. The minimum absolute atomic E-state index is 0.0381. The molecule has 0 bridgehead atoms. The Morgan fingerprint density at radius 1 is 1.02 bits per heavy atom. The van der Waals surface area contributed by atoms with Gasteiger partial charge >= 0.3 is 12.8 Å². The van der Waals surface area contributed by atoms with Crippen LogP contribution < -0.4 is 4.74 Å². The molecule has 1 unspecified atom stereocenters. The molecule has 228 valence electrons. The molecule has 0 aliphatic rings. The van der Waals surface area contributed by atoms with E-state index in [9.17, 15) is 26.3 Å². The summed E-state index contributed by atoms with van der Waals surface area (Å²) in [7, 11) is 0. The first-order valence-electron chi connectivity index (χ1n) is 14.1. The maximum Gasteiger partial charge on any atom is 0.394 e. The molecule has 0 saturated heterocycles. The van der Waals surface area contributed by atoms with E-state index in [0.717, 1.165) is 12.0 Å².